The summed E-state index contributed by atoms with van der Waals surface area (Å²) in [5, 5.41) is 11.1. The standard InChI is InChI=1S/C16H16ClN3O4S/c1-3-6-24-12-5-4-10(7-11(12)17)9-18-20-16-19-15(22)13(25-16)8-14(21)23-2/h4-5,7-9H,3,6H2,1-2H3,(H,19,20,22)/b13-8+,18-9?. The topological polar surface area (TPSA) is 89.4 Å². The summed E-state index contributed by atoms with van der Waals surface area (Å²) in [6, 6.07) is 5.26. The van der Waals surface area contributed by atoms with Gasteiger partial charge in [-0.1, -0.05) is 18.5 Å². The summed E-state index contributed by atoms with van der Waals surface area (Å²) in [5.74, 6) is -0.421. The molecule has 0 aromatic heterocycles. The van der Waals surface area contributed by atoms with Gasteiger partial charge in [-0.2, -0.15) is 5.10 Å². The van der Waals surface area contributed by atoms with Crippen molar-refractivity contribution in [1.82, 2.24) is 5.32 Å². The van der Waals surface area contributed by atoms with E-state index in [0.29, 0.717) is 17.4 Å². The van der Waals surface area contributed by atoms with Gasteiger partial charge in [0.05, 0.1) is 29.9 Å². The predicted molar refractivity (Wildman–Crippen MR) is 98.1 cm³/mol. The highest BCUT2D eigenvalue weighted by Gasteiger charge is 2.24. The molecule has 25 heavy (non-hydrogen) atoms. The molecule has 0 spiro atoms. The highest BCUT2D eigenvalue weighted by atomic mass is 35.5. The van der Waals surface area contributed by atoms with Crippen LogP contribution in [0.15, 0.2) is 39.4 Å². The lowest BCUT2D eigenvalue weighted by Gasteiger charge is -2.06. The van der Waals surface area contributed by atoms with Gasteiger partial charge in [-0.05, 0) is 41.9 Å². The summed E-state index contributed by atoms with van der Waals surface area (Å²) < 4.78 is 9.97. The van der Waals surface area contributed by atoms with Crippen LogP contribution in [0.5, 0.6) is 5.75 Å². The first-order chi connectivity index (χ1) is 12.0. The molecule has 0 bridgehead atoms. The third kappa shape index (κ3) is 5.61. The van der Waals surface area contributed by atoms with Crippen LogP contribution in [0.25, 0.3) is 0 Å². The number of amidine groups is 1. The number of esters is 1. The fourth-order valence-corrected chi connectivity index (χ4v) is 2.70. The van der Waals surface area contributed by atoms with Crippen molar-refractivity contribution >= 4 is 46.6 Å². The molecule has 0 radical (unpaired) electrons. The van der Waals surface area contributed by atoms with E-state index in [2.05, 4.69) is 20.3 Å². The number of rotatable bonds is 6. The maximum absolute atomic E-state index is 11.7. The molecule has 1 saturated heterocycles. The van der Waals surface area contributed by atoms with Gasteiger partial charge in [0.15, 0.2) is 5.17 Å². The number of nitrogens with one attached hydrogen (secondary N) is 1. The molecule has 2 rings (SSSR count). The molecule has 0 unspecified atom stereocenters. The first-order valence-corrected chi connectivity index (χ1v) is 8.55. The fourth-order valence-electron chi connectivity index (χ4n) is 1.72. The zero-order chi connectivity index (χ0) is 18.2. The van der Waals surface area contributed by atoms with Gasteiger partial charge in [-0.25, -0.2) is 4.79 Å². The van der Waals surface area contributed by atoms with Gasteiger partial charge in [-0.15, -0.1) is 5.10 Å². The number of ether oxygens (including phenoxy) is 2. The third-order valence-corrected chi connectivity index (χ3v) is 4.07. The zero-order valence-corrected chi connectivity index (χ0v) is 15.2. The number of amides is 1. The third-order valence-electron chi connectivity index (χ3n) is 2.87. The number of methoxy groups -OCH3 is 1. The zero-order valence-electron chi connectivity index (χ0n) is 13.6. The Morgan fingerprint density at radius 1 is 1.44 bits per heavy atom. The molecule has 1 aromatic carbocycles. The summed E-state index contributed by atoms with van der Waals surface area (Å²) in [6.07, 6.45) is 3.49. The van der Waals surface area contributed by atoms with E-state index in [9.17, 15) is 9.59 Å². The van der Waals surface area contributed by atoms with Crippen LogP contribution in [0.4, 0.5) is 0 Å². The summed E-state index contributed by atoms with van der Waals surface area (Å²) in [6.45, 7) is 2.61. The van der Waals surface area contributed by atoms with E-state index in [1.165, 1.54) is 13.3 Å². The van der Waals surface area contributed by atoms with Crippen LogP contribution < -0.4 is 10.1 Å². The van der Waals surface area contributed by atoms with Crippen LogP contribution in [0.1, 0.15) is 18.9 Å². The van der Waals surface area contributed by atoms with Crippen molar-refractivity contribution in [3.63, 3.8) is 0 Å². The number of carbonyl (C=O) groups excluding carboxylic acids is 2. The molecule has 1 aliphatic rings. The fraction of sp³-hybridized carbons (Fsp3) is 0.250. The molecule has 7 nitrogen and oxygen atoms in total. The quantitative estimate of drug-likeness (QED) is 0.354. The smallest absolute Gasteiger partial charge is 0.331 e. The van der Waals surface area contributed by atoms with Crippen LogP contribution >= 0.6 is 23.4 Å². The van der Waals surface area contributed by atoms with Crippen LogP contribution in [-0.4, -0.2) is 37.0 Å². The molecule has 0 saturated carbocycles. The van der Waals surface area contributed by atoms with Crippen LogP contribution in [0.2, 0.25) is 5.02 Å². The summed E-state index contributed by atoms with van der Waals surface area (Å²) in [5.41, 5.74) is 0.734. The minimum atomic E-state index is -0.609. The summed E-state index contributed by atoms with van der Waals surface area (Å²) >= 11 is 7.14. The van der Waals surface area contributed by atoms with Crippen molar-refractivity contribution in [2.75, 3.05) is 13.7 Å². The molecule has 132 valence electrons. The van der Waals surface area contributed by atoms with Crippen molar-refractivity contribution in [3.8, 4) is 5.75 Å². The number of hydrogen-bond donors (Lipinski definition) is 1. The monoisotopic (exact) mass is 381 g/mol. The van der Waals surface area contributed by atoms with Gasteiger partial charge in [0, 0.05) is 6.08 Å². The number of hydrogen-bond acceptors (Lipinski definition) is 7. The number of halogens is 1. The van der Waals surface area contributed by atoms with E-state index in [4.69, 9.17) is 16.3 Å². The van der Waals surface area contributed by atoms with E-state index in [-0.39, 0.29) is 10.1 Å². The summed E-state index contributed by atoms with van der Waals surface area (Å²) in [4.78, 5) is 23.0. The SMILES string of the molecule is CCCOc1ccc(C=N/N=C2/NC(=O)/C(=C\C(=O)OC)S2)cc1Cl. The Bertz CT molecular complexity index is 762. The minimum Gasteiger partial charge on any atom is -0.492 e. The van der Waals surface area contributed by atoms with E-state index < -0.39 is 11.9 Å². The Labute approximate surface area is 154 Å². The van der Waals surface area contributed by atoms with E-state index in [1.54, 1.807) is 18.2 Å². The number of carbonyl (C=O) groups is 2. The highest BCUT2D eigenvalue weighted by molar-refractivity contribution is 8.18. The number of thioether (sulfide) groups is 1. The van der Waals surface area contributed by atoms with Gasteiger partial charge in [0.2, 0.25) is 0 Å². The Morgan fingerprint density at radius 3 is 2.92 bits per heavy atom. The molecular formula is C16H16ClN3O4S. The van der Waals surface area contributed by atoms with E-state index >= 15 is 0 Å². The predicted octanol–water partition coefficient (Wildman–Crippen LogP) is 2.74. The second-order valence-electron chi connectivity index (χ2n) is 4.78. The van der Waals surface area contributed by atoms with Gasteiger partial charge in [0.25, 0.3) is 5.91 Å². The molecule has 1 aliphatic heterocycles. The number of benzene rings is 1. The largest absolute Gasteiger partial charge is 0.492 e. The van der Waals surface area contributed by atoms with Crippen LogP contribution in [-0.2, 0) is 14.3 Å². The first-order valence-electron chi connectivity index (χ1n) is 7.35. The average Bonchev–Trinajstić information content (AvgIpc) is 2.93. The highest BCUT2D eigenvalue weighted by Crippen LogP contribution is 2.25. The molecular weight excluding hydrogens is 366 g/mol. The Balaban J connectivity index is 2.02. The normalized spacial score (nSPS) is 17.3. The van der Waals surface area contributed by atoms with Crippen molar-refractivity contribution in [3.05, 3.63) is 39.8 Å². The van der Waals surface area contributed by atoms with Gasteiger partial charge >= 0.3 is 5.97 Å². The second kappa shape index (κ2) is 9.24. The Hall–Kier alpha value is -2.32. The van der Waals surface area contributed by atoms with Crippen LogP contribution in [0.3, 0.4) is 0 Å². The van der Waals surface area contributed by atoms with Crippen molar-refractivity contribution in [2.45, 2.75) is 13.3 Å². The maximum atomic E-state index is 11.7. The molecule has 1 amide bonds. The van der Waals surface area contributed by atoms with Crippen LogP contribution in [0, 0.1) is 0 Å². The molecule has 0 atom stereocenters. The molecule has 0 aliphatic carbocycles. The summed E-state index contributed by atoms with van der Waals surface area (Å²) in [7, 11) is 1.24. The van der Waals surface area contributed by atoms with Gasteiger partial charge in [-0.3, -0.25) is 10.1 Å². The van der Waals surface area contributed by atoms with Crippen molar-refractivity contribution in [1.29, 1.82) is 0 Å². The molecule has 1 heterocycles. The van der Waals surface area contributed by atoms with Gasteiger partial charge < -0.3 is 9.47 Å². The Morgan fingerprint density at radius 2 is 2.24 bits per heavy atom. The lowest BCUT2D eigenvalue weighted by molar-refractivity contribution is -0.135. The molecule has 1 aromatic rings. The first kappa shape index (κ1) is 19.0. The lowest BCUT2D eigenvalue weighted by atomic mass is 10.2. The Kier molecular flexibility index (Phi) is 7.03. The lowest BCUT2D eigenvalue weighted by Crippen LogP contribution is -2.19. The average molecular weight is 382 g/mol. The second-order valence-corrected chi connectivity index (χ2v) is 6.21. The molecule has 9 heteroatoms. The number of nitrogens with zero attached hydrogens (tertiary/aromatic N) is 2. The maximum Gasteiger partial charge on any atom is 0.331 e. The molecule has 1 fully saturated rings. The van der Waals surface area contributed by atoms with E-state index in [0.717, 1.165) is 29.8 Å². The van der Waals surface area contributed by atoms with Crippen molar-refractivity contribution < 1.29 is 19.1 Å². The van der Waals surface area contributed by atoms with E-state index in [1.807, 2.05) is 6.92 Å². The minimum absolute atomic E-state index is 0.196. The van der Waals surface area contributed by atoms with Crippen molar-refractivity contribution in [2.24, 2.45) is 10.2 Å². The molecule has 1 N–H and O–H groups in total. The van der Waals surface area contributed by atoms with Gasteiger partial charge in [0.1, 0.15) is 5.75 Å².